The summed E-state index contributed by atoms with van der Waals surface area (Å²) in [5.74, 6) is 0.984. The van der Waals surface area contributed by atoms with Crippen molar-refractivity contribution in [1.82, 2.24) is 29.9 Å². The Hall–Kier alpha value is -2.94. The Morgan fingerprint density at radius 3 is 2.67 bits per heavy atom. The quantitative estimate of drug-likeness (QED) is 0.745. The van der Waals surface area contributed by atoms with Gasteiger partial charge in [-0.25, -0.2) is 4.79 Å². The van der Waals surface area contributed by atoms with Crippen molar-refractivity contribution in [2.45, 2.75) is 64.7 Å². The summed E-state index contributed by atoms with van der Waals surface area (Å²) in [5.41, 5.74) is 1.49. The van der Waals surface area contributed by atoms with Gasteiger partial charge in [0.15, 0.2) is 5.82 Å². The lowest BCUT2D eigenvalue weighted by Gasteiger charge is -2.47. The number of hydrogen-bond donors (Lipinski definition) is 2. The zero-order valence-corrected chi connectivity index (χ0v) is 19.8. The Bertz CT molecular complexity index is 1050. The molecule has 0 spiro atoms. The number of aromatic amines is 1. The number of H-pyrrole nitrogens is 1. The van der Waals surface area contributed by atoms with E-state index in [0.717, 1.165) is 36.8 Å². The lowest BCUT2D eigenvalue weighted by molar-refractivity contribution is 0.0331. The van der Waals surface area contributed by atoms with Gasteiger partial charge in [0.05, 0.1) is 17.8 Å². The number of nitrogens with one attached hydrogen (secondary N) is 2. The van der Waals surface area contributed by atoms with Gasteiger partial charge in [-0.2, -0.15) is 5.10 Å². The Kier molecular flexibility index (Phi) is 5.39. The molecule has 3 amide bonds. The molecular formula is C24H33N7O2. The molecule has 2 aliphatic heterocycles. The monoisotopic (exact) mass is 451 g/mol. The second-order valence-corrected chi connectivity index (χ2v) is 10.3. The summed E-state index contributed by atoms with van der Waals surface area (Å²) < 4.78 is 0. The lowest BCUT2D eigenvalue weighted by atomic mass is 10.0. The van der Waals surface area contributed by atoms with E-state index >= 15 is 0 Å². The summed E-state index contributed by atoms with van der Waals surface area (Å²) in [6, 6.07) is 5.74. The summed E-state index contributed by atoms with van der Waals surface area (Å²) in [5, 5.41) is 10.3. The van der Waals surface area contributed by atoms with Gasteiger partial charge in [-0.05, 0) is 58.6 Å². The van der Waals surface area contributed by atoms with Crippen LogP contribution in [0.4, 0.5) is 10.6 Å². The van der Waals surface area contributed by atoms with Crippen LogP contribution in [0.25, 0.3) is 0 Å². The summed E-state index contributed by atoms with van der Waals surface area (Å²) in [4.78, 5) is 36.9. The molecule has 2 aromatic rings. The molecule has 33 heavy (non-hydrogen) atoms. The SMILES string of the molecule is CC1CN(C(=O)N2Cc3c(NC(=O)c4ccccn4)n[nH]c3C2(C)C)C(C)CN1CC1CC1. The van der Waals surface area contributed by atoms with Crippen LogP contribution in [0.1, 0.15) is 62.3 Å². The fourth-order valence-corrected chi connectivity index (χ4v) is 5.10. The second kappa shape index (κ2) is 8.13. The van der Waals surface area contributed by atoms with Crippen molar-refractivity contribution in [2.75, 3.05) is 25.0 Å². The highest BCUT2D eigenvalue weighted by Crippen LogP contribution is 2.41. The number of hydrogen-bond acceptors (Lipinski definition) is 5. The maximum absolute atomic E-state index is 13.7. The van der Waals surface area contributed by atoms with Gasteiger partial charge < -0.3 is 15.1 Å². The smallest absolute Gasteiger partial charge is 0.319 e. The van der Waals surface area contributed by atoms with Crippen molar-refractivity contribution in [2.24, 2.45) is 5.92 Å². The van der Waals surface area contributed by atoms with Gasteiger partial charge in [-0.1, -0.05) is 6.07 Å². The highest BCUT2D eigenvalue weighted by atomic mass is 16.2. The number of rotatable bonds is 4. The van der Waals surface area contributed by atoms with Crippen molar-refractivity contribution in [1.29, 1.82) is 0 Å². The Labute approximate surface area is 194 Å². The van der Waals surface area contributed by atoms with Gasteiger partial charge >= 0.3 is 6.03 Å². The first-order valence-electron chi connectivity index (χ1n) is 11.9. The summed E-state index contributed by atoms with van der Waals surface area (Å²) in [6.07, 6.45) is 4.26. The number of urea groups is 1. The minimum absolute atomic E-state index is 0.0389. The fraction of sp³-hybridized carbons (Fsp3) is 0.583. The van der Waals surface area contributed by atoms with Gasteiger partial charge in [0.25, 0.3) is 5.91 Å². The van der Waals surface area contributed by atoms with E-state index in [0.29, 0.717) is 24.1 Å². The second-order valence-electron chi connectivity index (χ2n) is 10.3. The van der Waals surface area contributed by atoms with E-state index in [-0.39, 0.29) is 18.0 Å². The normalized spacial score (nSPS) is 24.6. The number of anilines is 1. The summed E-state index contributed by atoms with van der Waals surface area (Å²) in [7, 11) is 0. The predicted octanol–water partition coefficient (Wildman–Crippen LogP) is 3.03. The van der Waals surface area contributed by atoms with E-state index in [2.05, 4.69) is 39.2 Å². The van der Waals surface area contributed by atoms with Gasteiger partial charge in [0, 0.05) is 43.5 Å². The van der Waals surface area contributed by atoms with E-state index in [4.69, 9.17) is 0 Å². The number of pyridine rings is 1. The molecule has 2 fully saturated rings. The van der Waals surface area contributed by atoms with E-state index in [9.17, 15) is 9.59 Å². The summed E-state index contributed by atoms with van der Waals surface area (Å²) >= 11 is 0. The third-order valence-corrected chi connectivity index (χ3v) is 7.38. The van der Waals surface area contributed by atoms with Gasteiger partial charge in [0.1, 0.15) is 5.69 Å². The van der Waals surface area contributed by atoms with Crippen LogP contribution in [0.5, 0.6) is 0 Å². The van der Waals surface area contributed by atoms with E-state index in [1.807, 2.05) is 23.6 Å². The lowest BCUT2D eigenvalue weighted by Crippen LogP contribution is -2.61. The zero-order chi connectivity index (χ0) is 23.3. The first-order valence-corrected chi connectivity index (χ1v) is 11.9. The third kappa shape index (κ3) is 3.99. The largest absolute Gasteiger partial charge is 0.321 e. The number of carbonyl (C=O) groups is 2. The highest BCUT2D eigenvalue weighted by Gasteiger charge is 2.47. The first-order chi connectivity index (χ1) is 15.8. The van der Waals surface area contributed by atoms with Crippen LogP contribution in [-0.4, -0.2) is 73.5 Å². The van der Waals surface area contributed by atoms with Crippen molar-refractivity contribution in [3.05, 3.63) is 41.3 Å². The predicted molar refractivity (Wildman–Crippen MR) is 125 cm³/mol. The third-order valence-electron chi connectivity index (χ3n) is 7.38. The average Bonchev–Trinajstić information content (AvgIpc) is 3.45. The van der Waals surface area contributed by atoms with Crippen LogP contribution in [0.15, 0.2) is 24.4 Å². The molecule has 0 bridgehead atoms. The Morgan fingerprint density at radius 2 is 1.97 bits per heavy atom. The van der Waals surface area contributed by atoms with Crippen LogP contribution in [-0.2, 0) is 12.1 Å². The molecule has 9 heteroatoms. The highest BCUT2D eigenvalue weighted by molar-refractivity contribution is 6.02. The Balaban J connectivity index is 1.31. The molecule has 0 aromatic carbocycles. The minimum atomic E-state index is -0.554. The van der Waals surface area contributed by atoms with Gasteiger partial charge in [0.2, 0.25) is 0 Å². The van der Waals surface area contributed by atoms with E-state index in [1.165, 1.54) is 12.8 Å². The summed E-state index contributed by atoms with van der Waals surface area (Å²) in [6.45, 7) is 11.6. The number of aromatic nitrogens is 3. The molecule has 1 saturated heterocycles. The van der Waals surface area contributed by atoms with Crippen LogP contribution in [0.3, 0.4) is 0 Å². The average molecular weight is 452 g/mol. The number of amides is 3. The molecule has 2 atom stereocenters. The molecule has 1 aliphatic carbocycles. The van der Waals surface area contributed by atoms with Crippen molar-refractivity contribution in [3.63, 3.8) is 0 Å². The topological polar surface area (TPSA) is 97.5 Å². The van der Waals surface area contributed by atoms with Crippen LogP contribution < -0.4 is 5.32 Å². The van der Waals surface area contributed by atoms with E-state index < -0.39 is 5.54 Å². The first kappa shape index (κ1) is 21.9. The maximum Gasteiger partial charge on any atom is 0.321 e. The molecule has 9 nitrogen and oxygen atoms in total. The molecule has 5 rings (SSSR count). The molecule has 1 saturated carbocycles. The Morgan fingerprint density at radius 1 is 1.18 bits per heavy atom. The molecule has 2 N–H and O–H groups in total. The molecule has 176 valence electrons. The van der Waals surface area contributed by atoms with Gasteiger partial charge in [-0.3, -0.25) is 19.8 Å². The molecular weight excluding hydrogens is 418 g/mol. The van der Waals surface area contributed by atoms with Crippen molar-refractivity contribution >= 4 is 17.8 Å². The number of nitrogens with zero attached hydrogens (tertiary/aromatic N) is 5. The van der Waals surface area contributed by atoms with Crippen molar-refractivity contribution in [3.8, 4) is 0 Å². The standard InChI is InChI=1S/C24H33N7O2/c1-15-12-30(16(2)11-29(15)13-17-8-9-17)23(33)31-14-18-20(24(31,3)4)27-28-21(18)26-22(32)19-7-5-6-10-25-19/h5-7,10,15-17H,8-9,11-14H2,1-4H3,(H2,26,27,28,32). The van der Waals surface area contributed by atoms with Crippen LogP contribution >= 0.6 is 0 Å². The fourth-order valence-electron chi connectivity index (χ4n) is 5.10. The van der Waals surface area contributed by atoms with Crippen LogP contribution in [0, 0.1) is 5.92 Å². The van der Waals surface area contributed by atoms with Crippen LogP contribution in [0.2, 0.25) is 0 Å². The molecule has 2 unspecified atom stereocenters. The van der Waals surface area contributed by atoms with E-state index in [1.54, 1.807) is 24.4 Å². The molecule has 2 aromatic heterocycles. The molecule has 0 radical (unpaired) electrons. The zero-order valence-electron chi connectivity index (χ0n) is 19.8. The maximum atomic E-state index is 13.7. The number of piperazine rings is 1. The number of fused-ring (bicyclic) bond motifs is 1. The van der Waals surface area contributed by atoms with Gasteiger partial charge in [-0.15, -0.1) is 0 Å². The minimum Gasteiger partial charge on any atom is -0.319 e. The molecule has 3 aliphatic rings. The van der Waals surface area contributed by atoms with Crippen molar-refractivity contribution < 1.29 is 9.59 Å². The number of carbonyl (C=O) groups excluding carboxylic acids is 2. The molecule has 4 heterocycles.